The van der Waals surface area contributed by atoms with E-state index in [4.69, 9.17) is 9.98 Å². The summed E-state index contributed by atoms with van der Waals surface area (Å²) in [7, 11) is 0. The lowest BCUT2D eigenvalue weighted by Crippen LogP contribution is -2.56. The summed E-state index contributed by atoms with van der Waals surface area (Å²) in [5.74, 6) is 4.32. The number of nitrogens with zero attached hydrogens (tertiary/aromatic N) is 2. The Hall–Kier alpha value is -0.700. The molecule has 0 aromatic heterocycles. The van der Waals surface area contributed by atoms with Crippen LogP contribution in [-0.2, 0) is 0 Å². The largest absolute Gasteiger partial charge is 0.316 e. The molecule has 2 aliphatic heterocycles. The summed E-state index contributed by atoms with van der Waals surface area (Å²) in [5, 5.41) is 3.53. The predicted molar refractivity (Wildman–Crippen MR) is 83.4 cm³/mol. The topological polar surface area (TPSA) is 36.8 Å². The van der Waals surface area contributed by atoms with Crippen molar-refractivity contribution in [2.24, 2.45) is 39.1 Å². The van der Waals surface area contributed by atoms with Crippen molar-refractivity contribution in [3.8, 4) is 0 Å². The monoisotopic (exact) mass is 273 g/mol. The standard InChI is InChI=1S/C17H27N3/c1-17(2)5-3-11(4-6-17)16-19-10-14(20-16)15-12-7-13(15)9-18-8-12/h11-13,15,18H,3-10H2,1-2H3. The lowest BCUT2D eigenvalue weighted by atomic mass is 9.60. The van der Waals surface area contributed by atoms with Crippen LogP contribution in [0.1, 0.15) is 46.0 Å². The van der Waals surface area contributed by atoms with E-state index in [0.717, 1.165) is 24.3 Å². The summed E-state index contributed by atoms with van der Waals surface area (Å²) < 4.78 is 0. The van der Waals surface area contributed by atoms with Crippen LogP contribution < -0.4 is 5.32 Å². The molecule has 0 aromatic rings. The second-order valence-electron chi connectivity index (χ2n) is 8.16. The first-order chi connectivity index (χ1) is 9.62. The highest BCUT2D eigenvalue weighted by Crippen LogP contribution is 2.45. The van der Waals surface area contributed by atoms with E-state index in [2.05, 4.69) is 19.2 Å². The number of amidine groups is 1. The van der Waals surface area contributed by atoms with Gasteiger partial charge in [-0.1, -0.05) is 13.8 Å². The molecule has 3 fully saturated rings. The summed E-state index contributed by atoms with van der Waals surface area (Å²) in [5.41, 5.74) is 1.96. The molecule has 3 nitrogen and oxygen atoms in total. The van der Waals surface area contributed by atoms with E-state index in [0.29, 0.717) is 11.3 Å². The molecule has 2 aliphatic carbocycles. The Kier molecular flexibility index (Phi) is 3.03. The molecule has 4 aliphatic rings. The summed E-state index contributed by atoms with van der Waals surface area (Å²) in [6.07, 6.45) is 6.67. The van der Waals surface area contributed by atoms with E-state index in [-0.39, 0.29) is 0 Å². The average Bonchev–Trinajstić information content (AvgIpc) is 2.88. The third-order valence-electron chi connectivity index (χ3n) is 6.18. The minimum Gasteiger partial charge on any atom is -0.316 e. The second-order valence-corrected chi connectivity index (χ2v) is 8.16. The van der Waals surface area contributed by atoms with Crippen LogP contribution >= 0.6 is 0 Å². The van der Waals surface area contributed by atoms with Gasteiger partial charge in [-0.05, 0) is 62.4 Å². The zero-order chi connectivity index (χ0) is 13.7. The van der Waals surface area contributed by atoms with E-state index in [1.54, 1.807) is 0 Å². The number of aliphatic imine (C=N–C) groups is 2. The molecule has 110 valence electrons. The van der Waals surface area contributed by atoms with E-state index >= 15 is 0 Å². The number of rotatable bonds is 2. The molecule has 2 unspecified atom stereocenters. The Morgan fingerprint density at radius 2 is 1.80 bits per heavy atom. The van der Waals surface area contributed by atoms with Gasteiger partial charge in [-0.25, -0.2) is 4.99 Å². The van der Waals surface area contributed by atoms with Crippen molar-refractivity contribution in [2.45, 2.75) is 46.0 Å². The van der Waals surface area contributed by atoms with Crippen molar-refractivity contribution in [3.05, 3.63) is 0 Å². The molecule has 0 radical (unpaired) electrons. The average molecular weight is 273 g/mol. The van der Waals surface area contributed by atoms with Crippen molar-refractivity contribution in [2.75, 3.05) is 19.6 Å². The molecule has 2 atom stereocenters. The first-order valence-corrected chi connectivity index (χ1v) is 8.45. The first kappa shape index (κ1) is 13.0. The normalized spacial score (nSPS) is 40.0. The van der Waals surface area contributed by atoms with Gasteiger partial charge in [0.2, 0.25) is 0 Å². The van der Waals surface area contributed by atoms with E-state index in [1.807, 2.05) is 0 Å². The molecule has 0 aromatic carbocycles. The number of nitrogens with one attached hydrogen (secondary N) is 1. The van der Waals surface area contributed by atoms with E-state index in [9.17, 15) is 0 Å². The van der Waals surface area contributed by atoms with Gasteiger partial charge in [-0.15, -0.1) is 0 Å². The quantitative estimate of drug-likeness (QED) is 0.825. The molecule has 1 N–H and O–H groups in total. The molecule has 2 saturated carbocycles. The van der Waals surface area contributed by atoms with Gasteiger partial charge < -0.3 is 5.32 Å². The maximum absolute atomic E-state index is 5.00. The third-order valence-corrected chi connectivity index (χ3v) is 6.18. The van der Waals surface area contributed by atoms with Crippen LogP contribution in [0.4, 0.5) is 0 Å². The number of fused-ring (bicyclic) bond motifs is 2. The summed E-state index contributed by atoms with van der Waals surface area (Å²) in [6.45, 7) is 8.11. The Labute approximate surface area is 122 Å². The Bertz CT molecular complexity index is 439. The Morgan fingerprint density at radius 1 is 1.10 bits per heavy atom. The maximum Gasteiger partial charge on any atom is 0.126 e. The SMILES string of the molecule is CC1(C)CCC(C2=NCC(C3C4CNCC3C4)=N2)CC1. The highest BCUT2D eigenvalue weighted by Gasteiger charge is 2.47. The van der Waals surface area contributed by atoms with Gasteiger partial charge >= 0.3 is 0 Å². The van der Waals surface area contributed by atoms with Crippen molar-refractivity contribution in [3.63, 3.8) is 0 Å². The number of piperidine rings is 2. The van der Waals surface area contributed by atoms with Crippen LogP contribution in [0, 0.1) is 29.1 Å². The molecule has 3 heteroatoms. The fraction of sp³-hybridized carbons (Fsp3) is 0.882. The van der Waals surface area contributed by atoms with Crippen molar-refractivity contribution < 1.29 is 0 Å². The second kappa shape index (κ2) is 4.66. The minimum absolute atomic E-state index is 0.541. The van der Waals surface area contributed by atoms with Crippen LogP contribution in [0.2, 0.25) is 0 Å². The van der Waals surface area contributed by atoms with Gasteiger partial charge in [0, 0.05) is 17.5 Å². The molecule has 0 amide bonds. The molecular formula is C17H27N3. The highest BCUT2D eigenvalue weighted by molar-refractivity contribution is 6.06. The van der Waals surface area contributed by atoms with Crippen LogP contribution in [-0.4, -0.2) is 31.2 Å². The summed E-state index contributed by atoms with van der Waals surface area (Å²) >= 11 is 0. The Balaban J connectivity index is 1.42. The van der Waals surface area contributed by atoms with Crippen LogP contribution in [0.5, 0.6) is 0 Å². The predicted octanol–water partition coefficient (Wildman–Crippen LogP) is 2.91. The molecule has 0 spiro atoms. The van der Waals surface area contributed by atoms with Crippen LogP contribution in [0.25, 0.3) is 0 Å². The van der Waals surface area contributed by atoms with Gasteiger partial charge in [0.15, 0.2) is 0 Å². The maximum atomic E-state index is 5.00. The molecule has 1 saturated heterocycles. The third kappa shape index (κ3) is 2.14. The summed E-state index contributed by atoms with van der Waals surface area (Å²) in [4.78, 5) is 9.81. The molecule has 2 heterocycles. The molecule has 2 bridgehead atoms. The van der Waals surface area contributed by atoms with Gasteiger partial charge in [0.1, 0.15) is 5.84 Å². The van der Waals surface area contributed by atoms with Crippen LogP contribution in [0.3, 0.4) is 0 Å². The fourth-order valence-electron chi connectivity index (χ4n) is 4.73. The minimum atomic E-state index is 0.541. The lowest BCUT2D eigenvalue weighted by Gasteiger charge is -2.49. The molecule has 20 heavy (non-hydrogen) atoms. The Morgan fingerprint density at radius 3 is 2.45 bits per heavy atom. The van der Waals surface area contributed by atoms with Gasteiger partial charge in [-0.3, -0.25) is 4.99 Å². The highest BCUT2D eigenvalue weighted by atomic mass is 15.0. The molecular weight excluding hydrogens is 246 g/mol. The van der Waals surface area contributed by atoms with Crippen molar-refractivity contribution in [1.82, 2.24) is 5.32 Å². The number of hydrogen-bond acceptors (Lipinski definition) is 3. The smallest absolute Gasteiger partial charge is 0.126 e. The van der Waals surface area contributed by atoms with E-state index < -0.39 is 0 Å². The van der Waals surface area contributed by atoms with E-state index in [1.165, 1.54) is 56.7 Å². The van der Waals surface area contributed by atoms with Crippen LogP contribution in [0.15, 0.2) is 9.98 Å². The van der Waals surface area contributed by atoms with Gasteiger partial charge in [-0.2, -0.15) is 0 Å². The van der Waals surface area contributed by atoms with Gasteiger partial charge in [0.25, 0.3) is 0 Å². The van der Waals surface area contributed by atoms with Crippen molar-refractivity contribution >= 4 is 11.5 Å². The molecule has 4 rings (SSSR count). The van der Waals surface area contributed by atoms with Crippen molar-refractivity contribution in [1.29, 1.82) is 0 Å². The van der Waals surface area contributed by atoms with Gasteiger partial charge in [0.05, 0.1) is 6.54 Å². The first-order valence-electron chi connectivity index (χ1n) is 8.45. The zero-order valence-corrected chi connectivity index (χ0v) is 12.9. The fourth-order valence-corrected chi connectivity index (χ4v) is 4.73. The lowest BCUT2D eigenvalue weighted by molar-refractivity contribution is 0.0819. The summed E-state index contributed by atoms with van der Waals surface area (Å²) in [6, 6.07) is 0. The zero-order valence-electron chi connectivity index (χ0n) is 12.9. The number of hydrogen-bond donors (Lipinski definition) is 1.